The first-order valence-corrected chi connectivity index (χ1v) is 10.0. The standard InChI is InChI=1S/C19H19N3O4S/c1-2-17(23)21-19-15-11-22(12-16(15)19)27(24,25)14-8-6-13(7-9-14)26-18-5-3-4-10-20-18/h2-10,15-16,19H,1,11-12H2,(H,21,23). The number of fused-ring (bicyclic) bond motifs is 1. The lowest BCUT2D eigenvalue weighted by atomic mass is 10.3. The fraction of sp³-hybridized carbons (Fsp3) is 0.263. The van der Waals surface area contributed by atoms with E-state index >= 15 is 0 Å². The predicted molar refractivity (Wildman–Crippen MR) is 98.6 cm³/mol. The summed E-state index contributed by atoms with van der Waals surface area (Å²) >= 11 is 0. The van der Waals surface area contributed by atoms with Gasteiger partial charge in [-0.15, -0.1) is 0 Å². The lowest BCUT2D eigenvalue weighted by Crippen LogP contribution is -2.36. The third-order valence-corrected chi connectivity index (χ3v) is 6.82. The number of hydrogen-bond acceptors (Lipinski definition) is 5. The average molecular weight is 385 g/mol. The van der Waals surface area contributed by atoms with Crippen LogP contribution in [0.4, 0.5) is 0 Å². The van der Waals surface area contributed by atoms with Crippen molar-refractivity contribution in [2.24, 2.45) is 11.8 Å². The van der Waals surface area contributed by atoms with Crippen molar-refractivity contribution in [3.63, 3.8) is 0 Å². The van der Waals surface area contributed by atoms with Crippen molar-refractivity contribution in [1.29, 1.82) is 0 Å². The van der Waals surface area contributed by atoms with E-state index in [1.807, 2.05) is 6.07 Å². The van der Waals surface area contributed by atoms with Crippen molar-refractivity contribution in [3.8, 4) is 11.6 Å². The predicted octanol–water partition coefficient (Wildman–Crippen LogP) is 1.79. The van der Waals surface area contributed by atoms with Crippen LogP contribution in [0, 0.1) is 11.8 Å². The van der Waals surface area contributed by atoms with Crippen LogP contribution in [0.25, 0.3) is 0 Å². The van der Waals surface area contributed by atoms with Gasteiger partial charge in [0.05, 0.1) is 4.90 Å². The van der Waals surface area contributed by atoms with Gasteiger partial charge in [0, 0.05) is 31.4 Å². The molecule has 0 radical (unpaired) electrons. The molecule has 1 saturated heterocycles. The number of sulfonamides is 1. The van der Waals surface area contributed by atoms with Crippen LogP contribution in [0.2, 0.25) is 0 Å². The molecule has 0 bridgehead atoms. The largest absolute Gasteiger partial charge is 0.439 e. The monoisotopic (exact) mass is 385 g/mol. The number of carbonyl (C=O) groups excluding carboxylic acids is 1. The summed E-state index contributed by atoms with van der Waals surface area (Å²) in [6, 6.07) is 11.7. The third kappa shape index (κ3) is 3.45. The lowest BCUT2D eigenvalue weighted by Gasteiger charge is -2.20. The van der Waals surface area contributed by atoms with E-state index in [9.17, 15) is 13.2 Å². The molecule has 2 atom stereocenters. The molecule has 2 aliphatic rings. The minimum absolute atomic E-state index is 0.0519. The summed E-state index contributed by atoms with van der Waals surface area (Å²) in [7, 11) is -3.56. The number of aromatic nitrogens is 1. The summed E-state index contributed by atoms with van der Waals surface area (Å²) in [6.07, 6.45) is 2.86. The van der Waals surface area contributed by atoms with Crippen LogP contribution in [-0.4, -0.2) is 42.7 Å². The summed E-state index contributed by atoms with van der Waals surface area (Å²) in [4.78, 5) is 15.7. The van der Waals surface area contributed by atoms with E-state index < -0.39 is 10.0 Å². The fourth-order valence-electron chi connectivity index (χ4n) is 3.48. The Morgan fingerprint density at radius 1 is 1.19 bits per heavy atom. The van der Waals surface area contributed by atoms with Crippen molar-refractivity contribution in [2.45, 2.75) is 10.9 Å². The van der Waals surface area contributed by atoms with Gasteiger partial charge in [-0.1, -0.05) is 12.6 Å². The highest BCUT2D eigenvalue weighted by atomic mass is 32.2. The highest BCUT2D eigenvalue weighted by Crippen LogP contribution is 2.47. The number of benzene rings is 1. The molecular formula is C19H19N3O4S. The smallest absolute Gasteiger partial charge is 0.243 e. The molecule has 0 spiro atoms. The first kappa shape index (κ1) is 17.7. The van der Waals surface area contributed by atoms with E-state index in [4.69, 9.17) is 4.74 Å². The molecule has 8 heteroatoms. The second-order valence-corrected chi connectivity index (χ2v) is 8.57. The topological polar surface area (TPSA) is 88.6 Å². The Morgan fingerprint density at radius 2 is 1.89 bits per heavy atom. The number of pyridine rings is 1. The van der Waals surface area contributed by atoms with Crippen LogP contribution in [0.15, 0.2) is 66.2 Å². The quantitative estimate of drug-likeness (QED) is 0.766. The van der Waals surface area contributed by atoms with Gasteiger partial charge < -0.3 is 10.1 Å². The summed E-state index contributed by atoms with van der Waals surface area (Å²) < 4.78 is 32.7. The molecule has 1 N–H and O–H groups in total. The van der Waals surface area contributed by atoms with E-state index in [1.165, 1.54) is 22.5 Å². The van der Waals surface area contributed by atoms with Crippen molar-refractivity contribution >= 4 is 15.9 Å². The Hall–Kier alpha value is -2.71. The molecule has 7 nitrogen and oxygen atoms in total. The van der Waals surface area contributed by atoms with Crippen LogP contribution in [0.5, 0.6) is 11.6 Å². The minimum atomic E-state index is -3.56. The molecule has 1 aromatic carbocycles. The van der Waals surface area contributed by atoms with Gasteiger partial charge in [0.1, 0.15) is 5.75 Å². The van der Waals surface area contributed by atoms with Gasteiger partial charge in [0.25, 0.3) is 0 Å². The molecule has 1 aliphatic heterocycles. The molecule has 2 unspecified atom stereocenters. The number of nitrogens with zero attached hydrogens (tertiary/aromatic N) is 2. The zero-order valence-electron chi connectivity index (χ0n) is 14.5. The number of ether oxygens (including phenoxy) is 1. The third-order valence-electron chi connectivity index (χ3n) is 4.98. The van der Waals surface area contributed by atoms with E-state index in [1.54, 1.807) is 30.5 Å². The molecule has 27 heavy (non-hydrogen) atoms. The molecule has 2 heterocycles. The van der Waals surface area contributed by atoms with Gasteiger partial charge in [-0.25, -0.2) is 13.4 Å². The van der Waals surface area contributed by atoms with Gasteiger partial charge >= 0.3 is 0 Å². The molecule has 2 aromatic rings. The molecule has 2 fully saturated rings. The average Bonchev–Trinajstić information content (AvgIpc) is 3.11. The zero-order chi connectivity index (χ0) is 19.0. The van der Waals surface area contributed by atoms with Crippen molar-refractivity contribution in [1.82, 2.24) is 14.6 Å². The summed E-state index contributed by atoms with van der Waals surface area (Å²) in [5.74, 6) is 1.10. The number of amides is 1. The molecular weight excluding hydrogens is 366 g/mol. The normalized spacial score (nSPS) is 24.1. The van der Waals surface area contributed by atoms with Crippen LogP contribution < -0.4 is 10.1 Å². The Labute approximate surface area is 157 Å². The van der Waals surface area contributed by atoms with E-state index in [0.717, 1.165) is 0 Å². The lowest BCUT2D eigenvalue weighted by molar-refractivity contribution is -0.116. The van der Waals surface area contributed by atoms with E-state index in [0.29, 0.717) is 24.7 Å². The second kappa shape index (κ2) is 6.79. The number of rotatable bonds is 6. The highest BCUT2D eigenvalue weighted by molar-refractivity contribution is 7.89. The summed E-state index contributed by atoms with van der Waals surface area (Å²) in [5.41, 5.74) is 0. The molecule has 1 aromatic heterocycles. The summed E-state index contributed by atoms with van der Waals surface area (Å²) in [6.45, 7) is 4.27. The second-order valence-electron chi connectivity index (χ2n) is 6.63. The van der Waals surface area contributed by atoms with Gasteiger partial charge in [0.15, 0.2) is 0 Å². The van der Waals surface area contributed by atoms with Crippen LogP contribution in [-0.2, 0) is 14.8 Å². The number of hydrogen-bond donors (Lipinski definition) is 1. The maximum absolute atomic E-state index is 12.8. The molecule has 140 valence electrons. The summed E-state index contributed by atoms with van der Waals surface area (Å²) in [5, 5.41) is 2.85. The Balaban J connectivity index is 1.40. The van der Waals surface area contributed by atoms with Crippen LogP contribution in [0.3, 0.4) is 0 Å². The van der Waals surface area contributed by atoms with Gasteiger partial charge in [-0.3, -0.25) is 4.79 Å². The molecule has 1 saturated carbocycles. The van der Waals surface area contributed by atoms with Gasteiger partial charge in [0.2, 0.25) is 21.8 Å². The van der Waals surface area contributed by atoms with Gasteiger partial charge in [-0.05, 0) is 48.2 Å². The fourth-order valence-corrected chi connectivity index (χ4v) is 4.99. The molecule has 1 amide bonds. The van der Waals surface area contributed by atoms with Crippen molar-refractivity contribution < 1.29 is 17.9 Å². The van der Waals surface area contributed by atoms with E-state index in [2.05, 4.69) is 16.9 Å². The van der Waals surface area contributed by atoms with E-state index in [-0.39, 0.29) is 28.7 Å². The van der Waals surface area contributed by atoms with Crippen LogP contribution in [0.1, 0.15) is 0 Å². The first-order valence-electron chi connectivity index (χ1n) is 8.61. The first-order chi connectivity index (χ1) is 13.0. The van der Waals surface area contributed by atoms with Crippen LogP contribution >= 0.6 is 0 Å². The Kier molecular flexibility index (Phi) is 4.45. The zero-order valence-corrected chi connectivity index (χ0v) is 15.3. The van der Waals surface area contributed by atoms with Crippen molar-refractivity contribution in [3.05, 3.63) is 61.3 Å². The maximum atomic E-state index is 12.8. The Morgan fingerprint density at radius 3 is 2.48 bits per heavy atom. The maximum Gasteiger partial charge on any atom is 0.243 e. The number of carbonyl (C=O) groups is 1. The highest BCUT2D eigenvalue weighted by Gasteiger charge is 2.58. The Bertz CT molecular complexity index is 948. The molecule has 4 rings (SSSR count). The van der Waals surface area contributed by atoms with Gasteiger partial charge in [-0.2, -0.15) is 4.31 Å². The minimum Gasteiger partial charge on any atom is -0.439 e. The van der Waals surface area contributed by atoms with Crippen molar-refractivity contribution in [2.75, 3.05) is 13.1 Å². The molecule has 1 aliphatic carbocycles. The number of nitrogens with one attached hydrogen (secondary N) is 1. The SMILES string of the molecule is C=CC(=O)NC1C2CN(S(=O)(=O)c3ccc(Oc4ccccn4)cc3)CC21. The number of piperidine rings is 1.